The van der Waals surface area contributed by atoms with E-state index in [4.69, 9.17) is 11.6 Å². The lowest BCUT2D eigenvalue weighted by Gasteiger charge is -2.26. The lowest BCUT2D eigenvalue weighted by Crippen LogP contribution is -2.24. The van der Waals surface area contributed by atoms with Crippen LogP contribution in [-0.2, 0) is 13.0 Å². The molecule has 3 aromatic rings. The predicted octanol–water partition coefficient (Wildman–Crippen LogP) is 8.10. The van der Waals surface area contributed by atoms with Gasteiger partial charge in [-0.05, 0) is 84.5 Å². The average Bonchev–Trinajstić information content (AvgIpc) is 2.89. The Morgan fingerprint density at radius 1 is 0.806 bits per heavy atom. The molecule has 0 aliphatic carbocycles. The molecule has 0 saturated heterocycles. The minimum atomic E-state index is -0.654. The molecule has 0 atom stereocenters. The maximum absolute atomic E-state index is 11.7. The molecule has 188 valence electrons. The third-order valence-corrected chi connectivity index (χ3v) is 6.49. The second-order valence-electron chi connectivity index (χ2n) is 9.20. The summed E-state index contributed by atoms with van der Waals surface area (Å²) in [5.41, 5.74) is 5.53. The van der Waals surface area contributed by atoms with Crippen LogP contribution in [0.2, 0.25) is 0 Å². The molecule has 4 heteroatoms. The molecule has 0 fully saturated rings. The van der Waals surface area contributed by atoms with Crippen LogP contribution in [0.5, 0.6) is 5.75 Å². The molecule has 0 bridgehead atoms. The van der Waals surface area contributed by atoms with E-state index < -0.39 is 5.24 Å². The molecule has 1 N–H and O–H groups in total. The average molecular weight is 502 g/mol. The summed E-state index contributed by atoms with van der Waals surface area (Å²) in [4.78, 5) is 14.0. The summed E-state index contributed by atoms with van der Waals surface area (Å²) < 4.78 is 0. The van der Waals surface area contributed by atoms with Crippen LogP contribution in [0.4, 0.5) is 5.69 Å². The van der Waals surface area contributed by atoms with Gasteiger partial charge in [0.05, 0.1) is 5.56 Å². The number of nitrogens with zero attached hydrogens (tertiary/aromatic N) is 1. The van der Waals surface area contributed by atoms with Crippen molar-refractivity contribution in [1.29, 1.82) is 0 Å². The minimum absolute atomic E-state index is 0.0943. The Labute approximate surface area is 221 Å². The summed E-state index contributed by atoms with van der Waals surface area (Å²) in [6, 6.07) is 21.9. The third-order valence-electron chi connectivity index (χ3n) is 6.29. The molecule has 0 aliphatic rings. The van der Waals surface area contributed by atoms with E-state index in [2.05, 4.69) is 79.1 Å². The first-order valence-corrected chi connectivity index (χ1v) is 13.4. The zero-order chi connectivity index (χ0) is 25.8. The van der Waals surface area contributed by atoms with Gasteiger partial charge in [-0.25, -0.2) is 0 Å². The van der Waals surface area contributed by atoms with Crippen LogP contribution in [0.15, 0.2) is 66.7 Å². The summed E-state index contributed by atoms with van der Waals surface area (Å²) in [5, 5.41) is 9.34. The van der Waals surface area contributed by atoms with Gasteiger partial charge in [0, 0.05) is 29.9 Å². The monoisotopic (exact) mass is 501 g/mol. The molecular weight excluding hydrogens is 466 g/mol. The summed E-state index contributed by atoms with van der Waals surface area (Å²) in [5.74, 6) is 6.44. The van der Waals surface area contributed by atoms with Gasteiger partial charge >= 0.3 is 0 Å². The van der Waals surface area contributed by atoms with Crippen molar-refractivity contribution in [3.8, 4) is 17.6 Å². The summed E-state index contributed by atoms with van der Waals surface area (Å²) in [7, 11) is 0. The Balaban J connectivity index is 1.71. The molecule has 0 amide bonds. The molecule has 0 spiro atoms. The maximum Gasteiger partial charge on any atom is 0.256 e. The lowest BCUT2D eigenvalue weighted by atomic mass is 10.1. The highest BCUT2D eigenvalue weighted by Gasteiger charge is 2.14. The first-order chi connectivity index (χ1) is 17.5. The van der Waals surface area contributed by atoms with E-state index in [0.717, 1.165) is 48.2 Å². The number of rotatable bonds is 12. The van der Waals surface area contributed by atoms with Gasteiger partial charge in [-0.3, -0.25) is 4.79 Å². The summed E-state index contributed by atoms with van der Waals surface area (Å²) in [6.07, 6.45) is 8.12. The van der Waals surface area contributed by atoms with Gasteiger partial charge in [-0.15, -0.1) is 0 Å². The van der Waals surface area contributed by atoms with Gasteiger partial charge in [0.25, 0.3) is 5.24 Å². The Hall–Kier alpha value is -3.22. The number of carbonyl (C=O) groups excluding carboxylic acids is 1. The fraction of sp³-hybridized carbons (Fsp3) is 0.344. The number of aromatic hydroxyl groups is 1. The van der Waals surface area contributed by atoms with Crippen molar-refractivity contribution < 1.29 is 9.90 Å². The van der Waals surface area contributed by atoms with Crippen molar-refractivity contribution in [3.05, 3.63) is 94.5 Å². The second-order valence-corrected chi connectivity index (χ2v) is 9.55. The largest absolute Gasteiger partial charge is 0.507 e. The number of halogens is 1. The molecule has 0 heterocycles. The molecule has 0 aromatic heterocycles. The number of phenols is 1. The van der Waals surface area contributed by atoms with Crippen LogP contribution in [0, 0.1) is 11.8 Å². The number of unbranched alkanes of at least 4 members (excludes halogenated alkanes) is 4. The van der Waals surface area contributed by atoms with Gasteiger partial charge in [0.1, 0.15) is 5.75 Å². The molecule has 0 unspecified atom stereocenters. The predicted molar refractivity (Wildman–Crippen MR) is 151 cm³/mol. The molecule has 3 aromatic carbocycles. The number of aryl methyl sites for hydroxylation is 1. The van der Waals surface area contributed by atoms with Crippen molar-refractivity contribution in [2.24, 2.45) is 0 Å². The SMILES string of the molecule is CCCCCCN(Cc1ccc(C#Cc2ccc(CCCC)cc2)cc1)c1ccc(O)c(C(=O)Cl)c1. The first kappa shape index (κ1) is 27.4. The summed E-state index contributed by atoms with van der Waals surface area (Å²) >= 11 is 5.68. The lowest BCUT2D eigenvalue weighted by molar-refractivity contribution is 0.107. The minimum Gasteiger partial charge on any atom is -0.507 e. The third kappa shape index (κ3) is 8.47. The smallest absolute Gasteiger partial charge is 0.256 e. The van der Waals surface area contributed by atoms with E-state index in [9.17, 15) is 9.90 Å². The van der Waals surface area contributed by atoms with Crippen molar-refractivity contribution in [2.45, 2.75) is 65.3 Å². The van der Waals surface area contributed by atoms with Crippen LogP contribution >= 0.6 is 11.6 Å². The molecule has 36 heavy (non-hydrogen) atoms. The molecule has 0 aliphatic heterocycles. The van der Waals surface area contributed by atoms with Crippen LogP contribution in [0.3, 0.4) is 0 Å². The van der Waals surface area contributed by atoms with Crippen molar-refractivity contribution in [2.75, 3.05) is 11.4 Å². The van der Waals surface area contributed by atoms with Gasteiger partial charge in [0.2, 0.25) is 0 Å². The Morgan fingerprint density at radius 2 is 1.42 bits per heavy atom. The molecule has 3 rings (SSSR count). The highest BCUT2D eigenvalue weighted by atomic mass is 35.5. The fourth-order valence-corrected chi connectivity index (χ4v) is 4.25. The van der Waals surface area contributed by atoms with Gasteiger partial charge < -0.3 is 10.0 Å². The Bertz CT molecular complexity index is 1170. The highest BCUT2D eigenvalue weighted by Crippen LogP contribution is 2.27. The standard InChI is InChI=1S/C32H36ClNO2/c1-3-5-7-8-22-34(29-20-21-31(35)30(23-29)32(33)36)24-28-18-16-27(17-19-28)15-14-26-12-10-25(11-13-26)9-6-4-2/h10-13,16-21,23,35H,3-9,22,24H2,1-2H3. The van der Waals surface area contributed by atoms with Crippen LogP contribution in [0.1, 0.15) is 85.0 Å². The van der Waals surface area contributed by atoms with Crippen molar-refractivity contribution in [3.63, 3.8) is 0 Å². The molecule has 0 saturated carbocycles. The van der Waals surface area contributed by atoms with E-state index in [0.29, 0.717) is 6.54 Å². The van der Waals surface area contributed by atoms with Gasteiger partial charge in [-0.2, -0.15) is 0 Å². The number of phenolic OH excluding ortho intramolecular Hbond substituents is 1. The zero-order valence-electron chi connectivity index (χ0n) is 21.4. The number of anilines is 1. The first-order valence-electron chi connectivity index (χ1n) is 13.0. The summed E-state index contributed by atoms with van der Waals surface area (Å²) in [6.45, 7) is 5.96. The molecule has 0 radical (unpaired) electrons. The van der Waals surface area contributed by atoms with Crippen LogP contribution in [-0.4, -0.2) is 16.9 Å². The van der Waals surface area contributed by atoms with E-state index in [1.165, 1.54) is 31.2 Å². The quantitative estimate of drug-likeness (QED) is 0.155. The Kier molecular flexibility index (Phi) is 10.9. The molecule has 3 nitrogen and oxygen atoms in total. The number of hydrogen-bond donors (Lipinski definition) is 1. The van der Waals surface area contributed by atoms with Crippen molar-refractivity contribution >= 4 is 22.5 Å². The maximum atomic E-state index is 11.7. The Morgan fingerprint density at radius 3 is 2.00 bits per heavy atom. The van der Waals surface area contributed by atoms with Crippen molar-refractivity contribution in [1.82, 2.24) is 0 Å². The number of hydrogen-bond acceptors (Lipinski definition) is 3. The second kappa shape index (κ2) is 14.4. The number of carbonyl (C=O) groups is 1. The van der Waals surface area contributed by atoms with E-state index in [1.807, 2.05) is 6.07 Å². The topological polar surface area (TPSA) is 40.5 Å². The number of benzene rings is 3. The normalized spacial score (nSPS) is 10.5. The van der Waals surface area contributed by atoms with Crippen LogP contribution in [0.25, 0.3) is 0 Å². The van der Waals surface area contributed by atoms with E-state index >= 15 is 0 Å². The highest BCUT2D eigenvalue weighted by molar-refractivity contribution is 6.68. The zero-order valence-corrected chi connectivity index (χ0v) is 22.2. The van der Waals surface area contributed by atoms with E-state index in [-0.39, 0.29) is 11.3 Å². The molecular formula is C32H36ClNO2. The van der Waals surface area contributed by atoms with E-state index in [1.54, 1.807) is 12.1 Å². The van der Waals surface area contributed by atoms with Crippen LogP contribution < -0.4 is 4.90 Å². The fourth-order valence-electron chi connectivity index (χ4n) is 4.10. The van der Waals surface area contributed by atoms with Gasteiger partial charge in [0.15, 0.2) is 0 Å². The van der Waals surface area contributed by atoms with Gasteiger partial charge in [-0.1, -0.05) is 75.6 Å².